The molecule has 2 N–H and O–H groups in total. The van der Waals surface area contributed by atoms with Crippen molar-refractivity contribution < 1.29 is 9.59 Å². The van der Waals surface area contributed by atoms with Crippen molar-refractivity contribution in [2.24, 2.45) is 0 Å². The van der Waals surface area contributed by atoms with Crippen molar-refractivity contribution in [1.29, 1.82) is 0 Å². The number of quaternary nitrogens is 1. The van der Waals surface area contributed by atoms with Crippen molar-refractivity contribution >= 4 is 10.9 Å². The van der Waals surface area contributed by atoms with Crippen molar-refractivity contribution in [3.05, 3.63) is 30.0 Å². The average Bonchev–Trinajstić information content (AvgIpc) is 2.47. The van der Waals surface area contributed by atoms with Crippen molar-refractivity contribution in [2.45, 2.75) is 6.54 Å². The highest BCUT2D eigenvalue weighted by molar-refractivity contribution is 5.88. The Morgan fingerprint density at radius 3 is 2.67 bits per heavy atom. The number of hydrogen-bond donors (Lipinski definition) is 2. The third-order valence-corrected chi connectivity index (χ3v) is 2.41. The van der Waals surface area contributed by atoms with Crippen LogP contribution in [-0.2, 0) is 6.54 Å². The van der Waals surface area contributed by atoms with Crippen LogP contribution in [0.5, 0.6) is 5.75 Å². The molecule has 0 bridgehead atoms. The fraction of sp³-hybridized carbons (Fsp3) is 0.333. The van der Waals surface area contributed by atoms with Crippen LogP contribution in [0.4, 0.5) is 0 Å². The summed E-state index contributed by atoms with van der Waals surface area (Å²) < 4.78 is 0.848. The quantitative estimate of drug-likeness (QED) is 0.723. The number of aromatic nitrogens is 1. The first-order valence-corrected chi connectivity index (χ1v) is 5.06. The van der Waals surface area contributed by atoms with Crippen LogP contribution in [0.25, 0.3) is 10.9 Å². The summed E-state index contributed by atoms with van der Waals surface area (Å²) in [5, 5.41) is 10.8. The molecule has 0 aliphatic heterocycles. The van der Waals surface area contributed by atoms with Gasteiger partial charge in [0.15, 0.2) is 0 Å². The molecule has 0 amide bonds. The number of aromatic amines is 1. The summed E-state index contributed by atoms with van der Waals surface area (Å²) in [4.78, 5) is 3.18. The second-order valence-electron chi connectivity index (χ2n) is 4.96. The first kappa shape index (κ1) is 10.1. The molecule has 0 fully saturated rings. The minimum atomic E-state index is 0.359. The number of hydrogen-bond acceptors (Lipinski definition) is 1. The van der Waals surface area contributed by atoms with E-state index in [0.717, 1.165) is 27.5 Å². The molecular formula is C12H17N2O+. The van der Waals surface area contributed by atoms with Gasteiger partial charge in [-0.25, -0.2) is 0 Å². The molecule has 15 heavy (non-hydrogen) atoms. The number of phenolic OH excluding ortho intramolecular Hbond substituents is 1. The Hall–Kier alpha value is -1.48. The van der Waals surface area contributed by atoms with Gasteiger partial charge in [0.2, 0.25) is 0 Å². The molecular weight excluding hydrogens is 188 g/mol. The number of rotatable bonds is 2. The molecule has 2 aromatic rings. The van der Waals surface area contributed by atoms with Crippen LogP contribution in [0.2, 0.25) is 0 Å². The van der Waals surface area contributed by atoms with Gasteiger partial charge in [0.05, 0.1) is 26.5 Å². The van der Waals surface area contributed by atoms with E-state index in [9.17, 15) is 5.11 Å². The van der Waals surface area contributed by atoms with Crippen LogP contribution in [-0.4, -0.2) is 35.7 Å². The third kappa shape index (κ3) is 1.97. The van der Waals surface area contributed by atoms with E-state index in [4.69, 9.17) is 0 Å². The molecule has 1 heterocycles. The zero-order valence-corrected chi connectivity index (χ0v) is 9.41. The SMILES string of the molecule is C[N+](C)(C)Cc1c[nH]c2cccc(O)c12. The van der Waals surface area contributed by atoms with Crippen LogP contribution in [0.3, 0.4) is 0 Å². The standard InChI is InChI=1S/C12H16N2O/c1-14(2,3)8-9-7-13-10-5-4-6-11(15)12(9)10/h4-7,13H,8H2,1-3H3/p+1. The number of nitrogens with one attached hydrogen (secondary N) is 1. The average molecular weight is 205 g/mol. The van der Waals surface area contributed by atoms with E-state index in [0.29, 0.717) is 5.75 Å². The Labute approximate surface area is 89.5 Å². The summed E-state index contributed by atoms with van der Waals surface area (Å²) in [7, 11) is 6.41. The summed E-state index contributed by atoms with van der Waals surface area (Å²) in [5.74, 6) is 0.359. The molecule has 2 rings (SSSR count). The molecule has 0 radical (unpaired) electrons. The molecule has 0 spiro atoms. The number of benzene rings is 1. The minimum absolute atomic E-state index is 0.359. The van der Waals surface area contributed by atoms with Crippen molar-refractivity contribution in [3.8, 4) is 5.75 Å². The van der Waals surface area contributed by atoms with E-state index in [1.165, 1.54) is 0 Å². The van der Waals surface area contributed by atoms with Gasteiger partial charge in [-0.1, -0.05) is 6.07 Å². The third-order valence-electron chi connectivity index (χ3n) is 2.41. The van der Waals surface area contributed by atoms with E-state index in [1.807, 2.05) is 18.3 Å². The van der Waals surface area contributed by atoms with Gasteiger partial charge in [0.25, 0.3) is 0 Å². The molecule has 3 heteroatoms. The molecule has 0 atom stereocenters. The van der Waals surface area contributed by atoms with E-state index in [-0.39, 0.29) is 0 Å². The van der Waals surface area contributed by atoms with Gasteiger partial charge in [-0.05, 0) is 12.1 Å². The summed E-state index contributed by atoms with van der Waals surface area (Å²) in [5.41, 5.74) is 2.16. The number of aromatic hydroxyl groups is 1. The molecule has 0 unspecified atom stereocenters. The molecule has 1 aromatic heterocycles. The fourth-order valence-corrected chi connectivity index (χ4v) is 1.87. The molecule has 0 aliphatic carbocycles. The zero-order chi connectivity index (χ0) is 11.1. The van der Waals surface area contributed by atoms with Gasteiger partial charge < -0.3 is 14.6 Å². The van der Waals surface area contributed by atoms with Gasteiger partial charge in [0, 0.05) is 17.3 Å². The van der Waals surface area contributed by atoms with E-state index >= 15 is 0 Å². The predicted octanol–water partition coefficient (Wildman–Crippen LogP) is 2.08. The summed E-state index contributed by atoms with van der Waals surface area (Å²) >= 11 is 0. The van der Waals surface area contributed by atoms with Gasteiger partial charge in [-0.15, -0.1) is 0 Å². The molecule has 3 nitrogen and oxygen atoms in total. The first-order valence-electron chi connectivity index (χ1n) is 5.06. The van der Waals surface area contributed by atoms with E-state index in [2.05, 4.69) is 26.1 Å². The largest absolute Gasteiger partial charge is 0.507 e. The highest BCUT2D eigenvalue weighted by atomic mass is 16.3. The fourth-order valence-electron chi connectivity index (χ4n) is 1.87. The molecule has 0 aliphatic rings. The lowest BCUT2D eigenvalue weighted by molar-refractivity contribution is -0.883. The smallest absolute Gasteiger partial charge is 0.125 e. The van der Waals surface area contributed by atoms with Crippen LogP contribution < -0.4 is 0 Å². The summed E-state index contributed by atoms with van der Waals surface area (Å²) in [6.45, 7) is 0.900. The second-order valence-corrected chi connectivity index (χ2v) is 4.96. The van der Waals surface area contributed by atoms with Gasteiger partial charge in [0.1, 0.15) is 12.3 Å². The van der Waals surface area contributed by atoms with Gasteiger partial charge in [-0.3, -0.25) is 0 Å². The number of nitrogens with zero attached hydrogens (tertiary/aromatic N) is 1. The number of fused-ring (bicyclic) bond motifs is 1. The molecule has 80 valence electrons. The van der Waals surface area contributed by atoms with Gasteiger partial charge in [-0.2, -0.15) is 0 Å². The zero-order valence-electron chi connectivity index (χ0n) is 9.41. The number of H-pyrrole nitrogens is 1. The molecule has 0 saturated heterocycles. The van der Waals surface area contributed by atoms with Crippen LogP contribution >= 0.6 is 0 Å². The highest BCUT2D eigenvalue weighted by Gasteiger charge is 2.14. The Morgan fingerprint density at radius 2 is 2.00 bits per heavy atom. The minimum Gasteiger partial charge on any atom is -0.507 e. The maximum atomic E-state index is 9.81. The molecule has 0 saturated carbocycles. The highest BCUT2D eigenvalue weighted by Crippen LogP contribution is 2.28. The lowest BCUT2D eigenvalue weighted by Gasteiger charge is -2.23. The lowest BCUT2D eigenvalue weighted by Crippen LogP contribution is -2.33. The Morgan fingerprint density at radius 1 is 1.27 bits per heavy atom. The van der Waals surface area contributed by atoms with Crippen molar-refractivity contribution in [3.63, 3.8) is 0 Å². The Balaban J connectivity index is 2.53. The first-order chi connectivity index (χ1) is 6.97. The van der Waals surface area contributed by atoms with Crippen LogP contribution in [0, 0.1) is 0 Å². The predicted molar refractivity (Wildman–Crippen MR) is 61.7 cm³/mol. The Bertz CT molecular complexity index is 480. The lowest BCUT2D eigenvalue weighted by atomic mass is 10.1. The maximum Gasteiger partial charge on any atom is 0.125 e. The van der Waals surface area contributed by atoms with Gasteiger partial charge >= 0.3 is 0 Å². The normalized spacial score (nSPS) is 12.2. The van der Waals surface area contributed by atoms with Crippen molar-refractivity contribution in [1.82, 2.24) is 4.98 Å². The molecule has 1 aromatic carbocycles. The van der Waals surface area contributed by atoms with Crippen molar-refractivity contribution in [2.75, 3.05) is 21.1 Å². The van der Waals surface area contributed by atoms with Crippen LogP contribution in [0.1, 0.15) is 5.56 Å². The topological polar surface area (TPSA) is 36.0 Å². The van der Waals surface area contributed by atoms with Crippen LogP contribution in [0.15, 0.2) is 24.4 Å². The number of phenols is 1. The summed E-state index contributed by atoms with van der Waals surface area (Å²) in [6, 6.07) is 5.56. The second kappa shape index (κ2) is 3.28. The van der Waals surface area contributed by atoms with E-state index in [1.54, 1.807) is 6.07 Å². The monoisotopic (exact) mass is 205 g/mol. The maximum absolute atomic E-state index is 9.81. The van der Waals surface area contributed by atoms with E-state index < -0.39 is 0 Å². The summed E-state index contributed by atoms with van der Waals surface area (Å²) in [6.07, 6.45) is 1.98. The Kier molecular flexibility index (Phi) is 2.20.